The Morgan fingerprint density at radius 1 is 1.40 bits per heavy atom. The van der Waals surface area contributed by atoms with Gasteiger partial charge in [0.15, 0.2) is 0 Å². The number of hydrogen-bond acceptors (Lipinski definition) is 5. The van der Waals surface area contributed by atoms with Gasteiger partial charge >= 0.3 is 0 Å². The maximum Gasteiger partial charge on any atom is 0.264 e. The zero-order valence-electron chi connectivity index (χ0n) is 15.0. The van der Waals surface area contributed by atoms with Gasteiger partial charge in [-0.25, -0.2) is 0 Å². The fourth-order valence-electron chi connectivity index (χ4n) is 2.50. The van der Waals surface area contributed by atoms with Crippen molar-refractivity contribution in [2.75, 3.05) is 27.3 Å². The summed E-state index contributed by atoms with van der Waals surface area (Å²) in [5.74, 6) is -0.347. The Morgan fingerprint density at radius 3 is 2.80 bits per heavy atom. The summed E-state index contributed by atoms with van der Waals surface area (Å²) in [5.41, 5.74) is 2.89. The Kier molecular flexibility index (Phi) is 6.72. The summed E-state index contributed by atoms with van der Waals surface area (Å²) in [4.78, 5) is 26.4. The monoisotopic (exact) mass is 364 g/mol. The summed E-state index contributed by atoms with van der Waals surface area (Å²) in [6.45, 7) is 5.57. The Balaban J connectivity index is 1.89. The van der Waals surface area contributed by atoms with Crippen LogP contribution in [-0.4, -0.2) is 53.8 Å². The second kappa shape index (κ2) is 8.77. The van der Waals surface area contributed by atoms with Crippen molar-refractivity contribution >= 4 is 23.2 Å². The van der Waals surface area contributed by atoms with E-state index in [2.05, 4.69) is 10.4 Å². The number of aryl methyl sites for hydroxylation is 1. The Hall–Kier alpha value is -2.19. The number of hydrogen-bond donors (Lipinski definition) is 1. The predicted octanol–water partition coefficient (Wildman–Crippen LogP) is 1.60. The number of carbonyl (C=O) groups is 2. The van der Waals surface area contributed by atoms with Crippen molar-refractivity contribution in [3.05, 3.63) is 39.3 Å². The van der Waals surface area contributed by atoms with E-state index in [0.29, 0.717) is 24.6 Å². The van der Waals surface area contributed by atoms with E-state index < -0.39 is 0 Å². The van der Waals surface area contributed by atoms with Crippen molar-refractivity contribution in [3.8, 4) is 0 Å². The molecule has 2 aromatic rings. The number of methoxy groups -OCH3 is 1. The quantitative estimate of drug-likeness (QED) is 0.772. The molecule has 0 spiro atoms. The molecule has 0 aliphatic rings. The van der Waals surface area contributed by atoms with Crippen LogP contribution in [-0.2, 0) is 22.6 Å². The van der Waals surface area contributed by atoms with Gasteiger partial charge in [-0.2, -0.15) is 5.10 Å². The number of thiophene rings is 1. The summed E-state index contributed by atoms with van der Waals surface area (Å²) in [6, 6.07) is 3.57. The van der Waals surface area contributed by atoms with E-state index in [0.717, 1.165) is 17.0 Å². The topological polar surface area (TPSA) is 76.5 Å². The van der Waals surface area contributed by atoms with Crippen molar-refractivity contribution in [1.29, 1.82) is 0 Å². The molecule has 25 heavy (non-hydrogen) atoms. The molecule has 0 saturated carbocycles. The molecule has 0 radical (unpaired) electrons. The van der Waals surface area contributed by atoms with Gasteiger partial charge in [0, 0.05) is 32.0 Å². The third-order valence-corrected chi connectivity index (χ3v) is 4.82. The predicted molar refractivity (Wildman–Crippen MR) is 96.7 cm³/mol. The van der Waals surface area contributed by atoms with Gasteiger partial charge in [-0.3, -0.25) is 14.3 Å². The fourth-order valence-corrected chi connectivity index (χ4v) is 3.22. The SMILES string of the molecule is COCCn1nc(C)c(CNC(=O)CN(C)C(=O)c2cccs2)c1C. The van der Waals surface area contributed by atoms with Crippen LogP contribution in [0.3, 0.4) is 0 Å². The van der Waals surface area contributed by atoms with Crippen molar-refractivity contribution in [2.45, 2.75) is 26.9 Å². The molecule has 136 valence electrons. The molecule has 7 nitrogen and oxygen atoms in total. The molecule has 0 aromatic carbocycles. The normalized spacial score (nSPS) is 10.7. The summed E-state index contributed by atoms with van der Waals surface area (Å²) >= 11 is 1.37. The van der Waals surface area contributed by atoms with Gasteiger partial charge in [0.1, 0.15) is 0 Å². The summed E-state index contributed by atoms with van der Waals surface area (Å²) < 4.78 is 6.96. The van der Waals surface area contributed by atoms with Gasteiger partial charge in [0.2, 0.25) is 5.91 Å². The largest absolute Gasteiger partial charge is 0.383 e. The van der Waals surface area contributed by atoms with Crippen LogP contribution in [0, 0.1) is 13.8 Å². The molecule has 0 unspecified atom stereocenters. The number of nitrogens with zero attached hydrogens (tertiary/aromatic N) is 3. The molecule has 2 heterocycles. The number of amides is 2. The first kappa shape index (κ1) is 19.1. The fraction of sp³-hybridized carbons (Fsp3) is 0.471. The molecular formula is C17H24N4O3S. The molecule has 0 aliphatic carbocycles. The van der Waals surface area contributed by atoms with Crippen molar-refractivity contribution in [3.63, 3.8) is 0 Å². The minimum absolute atomic E-state index is 0.0205. The summed E-state index contributed by atoms with van der Waals surface area (Å²) in [5, 5.41) is 9.18. The van der Waals surface area contributed by atoms with E-state index in [-0.39, 0.29) is 18.4 Å². The highest BCUT2D eigenvalue weighted by Gasteiger charge is 2.17. The smallest absolute Gasteiger partial charge is 0.264 e. The molecule has 0 saturated heterocycles. The molecule has 8 heteroatoms. The van der Waals surface area contributed by atoms with E-state index >= 15 is 0 Å². The van der Waals surface area contributed by atoms with E-state index in [9.17, 15) is 9.59 Å². The van der Waals surface area contributed by atoms with Crippen LogP contribution in [0.2, 0.25) is 0 Å². The Bertz CT molecular complexity index is 725. The van der Waals surface area contributed by atoms with Crippen LogP contribution in [0.25, 0.3) is 0 Å². The van der Waals surface area contributed by atoms with Crippen molar-refractivity contribution < 1.29 is 14.3 Å². The lowest BCUT2D eigenvalue weighted by Gasteiger charge is -2.16. The lowest BCUT2D eigenvalue weighted by molar-refractivity contribution is -0.121. The minimum atomic E-state index is -0.198. The van der Waals surface area contributed by atoms with E-state index in [1.54, 1.807) is 20.2 Å². The van der Waals surface area contributed by atoms with Gasteiger partial charge in [-0.05, 0) is 25.3 Å². The summed E-state index contributed by atoms with van der Waals surface area (Å²) in [6.07, 6.45) is 0. The second-order valence-electron chi connectivity index (χ2n) is 5.78. The van der Waals surface area contributed by atoms with Gasteiger partial charge in [-0.15, -0.1) is 11.3 Å². The molecule has 0 fully saturated rings. The Labute approximate surface area is 151 Å². The minimum Gasteiger partial charge on any atom is -0.383 e. The van der Waals surface area contributed by atoms with E-state index in [1.807, 2.05) is 30.0 Å². The molecule has 0 bridgehead atoms. The van der Waals surface area contributed by atoms with Crippen LogP contribution in [0.5, 0.6) is 0 Å². The molecule has 0 aliphatic heterocycles. The number of nitrogens with one attached hydrogen (secondary N) is 1. The highest BCUT2D eigenvalue weighted by molar-refractivity contribution is 7.12. The first-order valence-corrected chi connectivity index (χ1v) is 8.89. The van der Waals surface area contributed by atoms with Crippen molar-refractivity contribution in [1.82, 2.24) is 20.0 Å². The van der Waals surface area contributed by atoms with E-state index in [4.69, 9.17) is 4.74 Å². The zero-order valence-corrected chi connectivity index (χ0v) is 15.9. The molecule has 2 amide bonds. The number of carbonyl (C=O) groups excluding carboxylic acids is 2. The van der Waals surface area contributed by atoms with Crippen molar-refractivity contribution in [2.24, 2.45) is 0 Å². The average molecular weight is 364 g/mol. The third-order valence-electron chi connectivity index (χ3n) is 3.96. The standard InChI is InChI=1S/C17H24N4O3S/c1-12-14(13(2)21(19-12)7-8-24-4)10-18-16(22)11-20(3)17(23)15-6-5-9-25-15/h5-6,9H,7-8,10-11H2,1-4H3,(H,18,22). The first-order valence-electron chi connectivity index (χ1n) is 8.01. The van der Waals surface area contributed by atoms with Crippen LogP contribution >= 0.6 is 11.3 Å². The average Bonchev–Trinajstić information content (AvgIpc) is 3.19. The molecule has 0 atom stereocenters. The van der Waals surface area contributed by atoms with Gasteiger partial charge in [-0.1, -0.05) is 6.07 Å². The van der Waals surface area contributed by atoms with Gasteiger partial charge in [0.05, 0.1) is 30.3 Å². The van der Waals surface area contributed by atoms with Crippen LogP contribution in [0.1, 0.15) is 26.6 Å². The molecule has 1 N–H and O–H groups in total. The number of ether oxygens (including phenoxy) is 1. The number of likely N-dealkylation sites (N-methyl/N-ethyl adjacent to an activating group) is 1. The lowest BCUT2D eigenvalue weighted by Crippen LogP contribution is -2.38. The van der Waals surface area contributed by atoms with Gasteiger partial charge < -0.3 is 15.0 Å². The summed E-state index contributed by atoms with van der Waals surface area (Å²) in [7, 11) is 3.28. The third kappa shape index (κ3) is 4.90. The molecule has 2 aromatic heterocycles. The molecule has 2 rings (SSSR count). The first-order chi connectivity index (χ1) is 11.9. The number of rotatable bonds is 8. The van der Waals surface area contributed by atoms with Gasteiger partial charge in [0.25, 0.3) is 5.91 Å². The zero-order chi connectivity index (χ0) is 18.4. The maximum absolute atomic E-state index is 12.2. The Morgan fingerprint density at radius 2 is 2.16 bits per heavy atom. The van der Waals surface area contributed by atoms with Crippen LogP contribution in [0.4, 0.5) is 0 Å². The highest BCUT2D eigenvalue weighted by atomic mass is 32.1. The maximum atomic E-state index is 12.2. The van der Waals surface area contributed by atoms with Crippen LogP contribution in [0.15, 0.2) is 17.5 Å². The second-order valence-corrected chi connectivity index (χ2v) is 6.73. The highest BCUT2D eigenvalue weighted by Crippen LogP contribution is 2.13. The van der Waals surface area contributed by atoms with Crippen LogP contribution < -0.4 is 5.32 Å². The number of aromatic nitrogens is 2. The molecular weight excluding hydrogens is 340 g/mol. The lowest BCUT2D eigenvalue weighted by atomic mass is 10.2. The van der Waals surface area contributed by atoms with E-state index in [1.165, 1.54) is 16.2 Å².